The highest BCUT2D eigenvalue weighted by molar-refractivity contribution is 7.85. The minimum absolute atomic E-state index is 0.298. The van der Waals surface area contributed by atoms with Gasteiger partial charge in [0.05, 0.1) is 7.35 Å². The van der Waals surface area contributed by atoms with Gasteiger partial charge in [0, 0.05) is 22.3 Å². The Labute approximate surface area is 228 Å². The predicted molar refractivity (Wildman–Crippen MR) is 173 cm³/mol. The van der Waals surface area contributed by atoms with Crippen molar-refractivity contribution in [2.75, 3.05) is 7.11 Å². The van der Waals surface area contributed by atoms with Crippen molar-refractivity contribution in [2.45, 2.75) is 119 Å². The van der Waals surface area contributed by atoms with Crippen LogP contribution in [0.1, 0.15) is 74.9 Å². The van der Waals surface area contributed by atoms with E-state index < -0.39 is 30.4 Å². The molecule has 2 aromatic carbocycles. The molecule has 5 heteroatoms. The van der Waals surface area contributed by atoms with Gasteiger partial charge in [0.25, 0.3) is 0 Å². The molecule has 0 aromatic heterocycles. The maximum Gasteiger partial charge on any atom is 0.233 e. The third-order valence-corrected chi connectivity index (χ3v) is 69.1. The number of benzene rings is 2. The summed E-state index contributed by atoms with van der Waals surface area (Å²) in [5, 5.41) is 3.78. The second kappa shape index (κ2) is 10.1. The summed E-state index contributed by atoms with van der Waals surface area (Å²) in [5.41, 5.74) is 8.50. The first kappa shape index (κ1) is 31.5. The summed E-state index contributed by atoms with van der Waals surface area (Å²) in [7, 11) is -5.17. The Morgan fingerprint density at radius 1 is 0.556 bits per heavy atom. The largest absolute Gasteiger partial charge is 0.415 e. The minimum atomic E-state index is -2.64. The standard InChI is InChI=1S/C31H55OSi4/c1-22-18-24(3)28(25(4)19-22)36(32-13,29-26(5)20-23(2)21-27(29)6)33(34(14,15)30(7,8)9)35(16,17)31(10,11)12/h18-21H,1-17H3. The Morgan fingerprint density at radius 3 is 1.00 bits per heavy atom. The molecule has 0 unspecified atom stereocenters. The number of hydrogen-bond acceptors (Lipinski definition) is 1. The molecule has 1 nitrogen and oxygen atoms in total. The molecule has 0 aliphatic rings. The first-order valence-electron chi connectivity index (χ1n) is 13.7. The molecule has 2 rings (SSSR count). The van der Waals surface area contributed by atoms with Gasteiger partial charge in [-0.2, -0.15) is 0 Å². The van der Waals surface area contributed by atoms with Crippen LogP contribution in [0.3, 0.4) is 0 Å². The van der Waals surface area contributed by atoms with Crippen LogP contribution in [0.25, 0.3) is 0 Å². The molecule has 0 spiro atoms. The van der Waals surface area contributed by atoms with Crippen molar-refractivity contribution in [1.82, 2.24) is 0 Å². The van der Waals surface area contributed by atoms with Gasteiger partial charge in [0.2, 0.25) is 7.83 Å². The molecule has 2 aromatic rings. The molecule has 0 atom stereocenters. The SMILES string of the molecule is CO[Si](c1c(C)cc(C)cc1C)(c1c(C)cc(C)cc1C)[Si]([Si](C)(C)C(C)(C)C)[Si](C)(C)C(C)(C)C. The average molecular weight is 556 g/mol. The van der Waals surface area contributed by atoms with Crippen molar-refractivity contribution in [2.24, 2.45) is 0 Å². The fourth-order valence-corrected chi connectivity index (χ4v) is 83.9. The predicted octanol–water partition coefficient (Wildman–Crippen LogP) is 7.99. The Kier molecular flexibility index (Phi) is 8.84. The maximum atomic E-state index is 7.39. The lowest BCUT2D eigenvalue weighted by molar-refractivity contribution is 0.430. The molecule has 36 heavy (non-hydrogen) atoms. The molecule has 0 N–H and O–H groups in total. The molecular formula is C31H55OSi4. The first-order valence-corrected chi connectivity index (χ1v) is 26.1. The lowest BCUT2D eigenvalue weighted by Crippen LogP contribution is -2.88. The van der Waals surface area contributed by atoms with Gasteiger partial charge in [0.1, 0.15) is 0 Å². The average Bonchev–Trinajstić information content (AvgIpc) is 2.63. The Bertz CT molecular complexity index is 987. The molecule has 0 saturated heterocycles. The van der Waals surface area contributed by atoms with E-state index in [-0.39, 0.29) is 0 Å². The smallest absolute Gasteiger partial charge is 0.233 e. The van der Waals surface area contributed by atoms with E-state index in [1.807, 2.05) is 0 Å². The lowest BCUT2D eigenvalue weighted by Gasteiger charge is -2.59. The Hall–Kier alpha value is -0.732. The van der Waals surface area contributed by atoms with Gasteiger partial charge in [-0.15, -0.1) is 0 Å². The van der Waals surface area contributed by atoms with Crippen LogP contribution in [0.2, 0.25) is 36.3 Å². The highest BCUT2D eigenvalue weighted by Gasteiger charge is 2.66. The van der Waals surface area contributed by atoms with Gasteiger partial charge in [-0.05, 0) is 84.2 Å². The van der Waals surface area contributed by atoms with Crippen molar-refractivity contribution in [3.63, 3.8) is 0 Å². The van der Waals surface area contributed by atoms with E-state index in [1.165, 1.54) is 33.4 Å². The highest BCUT2D eigenvalue weighted by Crippen LogP contribution is 2.49. The van der Waals surface area contributed by atoms with E-state index in [9.17, 15) is 0 Å². The first-order chi connectivity index (χ1) is 16.1. The van der Waals surface area contributed by atoms with E-state index >= 15 is 0 Å². The monoisotopic (exact) mass is 555 g/mol. The summed E-state index contributed by atoms with van der Waals surface area (Å²) >= 11 is 0. The second-order valence-electron chi connectivity index (χ2n) is 14.6. The molecule has 0 amide bonds. The van der Waals surface area contributed by atoms with Crippen LogP contribution in [-0.2, 0) is 4.43 Å². The normalized spacial score (nSPS) is 14.1. The molecule has 0 saturated carbocycles. The van der Waals surface area contributed by atoms with Gasteiger partial charge in [0.15, 0.2) is 0 Å². The summed E-state index contributed by atoms with van der Waals surface area (Å²) < 4.78 is 7.39. The van der Waals surface area contributed by atoms with E-state index in [0.29, 0.717) is 10.1 Å². The zero-order chi connectivity index (χ0) is 28.2. The number of aryl methyl sites for hydroxylation is 6. The van der Waals surface area contributed by atoms with Gasteiger partial charge in [-0.1, -0.05) is 103 Å². The van der Waals surface area contributed by atoms with E-state index in [4.69, 9.17) is 4.43 Å². The molecule has 0 bridgehead atoms. The van der Waals surface area contributed by atoms with Crippen LogP contribution in [0.4, 0.5) is 0 Å². The summed E-state index contributed by atoms with van der Waals surface area (Å²) in [6, 6.07) is 9.72. The Morgan fingerprint density at radius 2 is 0.806 bits per heavy atom. The van der Waals surface area contributed by atoms with Crippen LogP contribution in [0, 0.1) is 41.5 Å². The summed E-state index contributed by atoms with van der Waals surface area (Å²) in [6.45, 7) is 40.1. The van der Waals surface area contributed by atoms with Gasteiger partial charge >= 0.3 is 0 Å². The quantitative estimate of drug-likeness (QED) is 0.328. The number of rotatable bonds is 6. The second-order valence-corrected chi connectivity index (χ2v) is 46.2. The fourth-order valence-electron chi connectivity index (χ4n) is 6.56. The van der Waals surface area contributed by atoms with Crippen molar-refractivity contribution in [3.05, 3.63) is 57.6 Å². The lowest BCUT2D eigenvalue weighted by atomic mass is 10.1. The zero-order valence-corrected chi connectivity index (χ0v) is 30.7. The molecule has 201 valence electrons. The van der Waals surface area contributed by atoms with Crippen LogP contribution >= 0.6 is 0 Å². The third kappa shape index (κ3) is 5.12. The van der Waals surface area contributed by atoms with Gasteiger partial charge in [-0.3, -0.25) is 0 Å². The molecule has 0 heterocycles. The summed E-state index contributed by atoms with van der Waals surface area (Å²) in [4.78, 5) is 0. The van der Waals surface area contributed by atoms with E-state index in [0.717, 1.165) is 0 Å². The third-order valence-electron chi connectivity index (χ3n) is 9.72. The molecule has 0 aliphatic heterocycles. The van der Waals surface area contributed by atoms with E-state index in [1.54, 1.807) is 10.4 Å². The summed E-state index contributed by atoms with van der Waals surface area (Å²) in [5.74, 6) is 0. The molecule has 1 radical (unpaired) electrons. The maximum absolute atomic E-state index is 7.39. The van der Waals surface area contributed by atoms with Crippen molar-refractivity contribution < 1.29 is 4.43 Å². The zero-order valence-electron chi connectivity index (χ0n) is 26.7. The van der Waals surface area contributed by atoms with Crippen molar-refractivity contribution in [3.8, 4) is 0 Å². The Balaban J connectivity index is 3.37. The molecule has 0 fully saturated rings. The van der Waals surface area contributed by atoms with Gasteiger partial charge in [-0.25, -0.2) is 0 Å². The molecular weight excluding hydrogens is 501 g/mol. The van der Waals surface area contributed by atoms with Gasteiger partial charge < -0.3 is 4.43 Å². The van der Waals surface area contributed by atoms with E-state index in [2.05, 4.69) is 141 Å². The molecule has 0 aliphatic carbocycles. The minimum Gasteiger partial charge on any atom is -0.415 e. The van der Waals surface area contributed by atoms with Crippen molar-refractivity contribution >= 4 is 40.7 Å². The number of hydrogen-bond donors (Lipinski definition) is 0. The summed E-state index contributed by atoms with van der Waals surface area (Å²) in [6.07, 6.45) is 0. The van der Waals surface area contributed by atoms with Crippen LogP contribution in [-0.4, -0.2) is 37.5 Å². The van der Waals surface area contributed by atoms with Crippen LogP contribution in [0.5, 0.6) is 0 Å². The van der Waals surface area contributed by atoms with Crippen LogP contribution in [0.15, 0.2) is 24.3 Å². The van der Waals surface area contributed by atoms with Crippen molar-refractivity contribution in [1.29, 1.82) is 0 Å². The fraction of sp³-hybridized carbons (Fsp3) is 0.613. The topological polar surface area (TPSA) is 9.23 Å². The van der Waals surface area contributed by atoms with Crippen LogP contribution < -0.4 is 10.4 Å². The highest BCUT2D eigenvalue weighted by atomic mass is 29.9.